The summed E-state index contributed by atoms with van der Waals surface area (Å²) in [7, 11) is 1.91. The first kappa shape index (κ1) is 21.0. The van der Waals surface area contributed by atoms with E-state index in [9.17, 15) is 0 Å². The van der Waals surface area contributed by atoms with Crippen LogP contribution in [-0.4, -0.2) is 62.1 Å². The van der Waals surface area contributed by atoms with Crippen molar-refractivity contribution in [3.8, 4) is 0 Å². The average molecular weight is 436 g/mol. The van der Waals surface area contributed by atoms with Gasteiger partial charge in [-0.25, -0.2) is 0 Å². The van der Waals surface area contributed by atoms with Gasteiger partial charge in [-0.15, -0.1) is 24.0 Å². The maximum Gasteiger partial charge on any atom is 0.193 e. The molecule has 0 bridgehead atoms. The number of hydrogen-bond acceptors (Lipinski definition) is 2. The SMILES string of the molecule is CN=C(NCCCCCN1CCCCC1)N1CCCC(C)C1.I. The Labute approximate surface area is 160 Å². The number of nitrogens with zero attached hydrogens (tertiary/aromatic N) is 3. The maximum atomic E-state index is 4.46. The summed E-state index contributed by atoms with van der Waals surface area (Å²) in [5.74, 6) is 1.92. The van der Waals surface area contributed by atoms with Crippen LogP contribution in [0.2, 0.25) is 0 Å². The molecular formula is C18H37IN4. The lowest BCUT2D eigenvalue weighted by Crippen LogP contribution is -2.46. The first-order chi connectivity index (χ1) is 10.8. The minimum atomic E-state index is 0. The summed E-state index contributed by atoms with van der Waals surface area (Å²) in [4.78, 5) is 9.54. The fourth-order valence-corrected chi connectivity index (χ4v) is 3.73. The van der Waals surface area contributed by atoms with Crippen LogP contribution < -0.4 is 5.32 Å². The molecule has 5 heteroatoms. The van der Waals surface area contributed by atoms with Crippen LogP contribution in [0.3, 0.4) is 0 Å². The second-order valence-electron chi connectivity index (χ2n) is 7.13. The lowest BCUT2D eigenvalue weighted by atomic mass is 10.0. The molecule has 0 aromatic carbocycles. The summed E-state index contributed by atoms with van der Waals surface area (Å²) < 4.78 is 0. The van der Waals surface area contributed by atoms with Crippen LogP contribution in [0.25, 0.3) is 0 Å². The highest BCUT2D eigenvalue weighted by Gasteiger charge is 2.18. The zero-order chi connectivity index (χ0) is 15.6. The van der Waals surface area contributed by atoms with E-state index in [1.807, 2.05) is 7.05 Å². The molecule has 0 aromatic rings. The molecule has 0 aliphatic carbocycles. The number of likely N-dealkylation sites (tertiary alicyclic amines) is 2. The Morgan fingerprint density at radius 1 is 1.04 bits per heavy atom. The van der Waals surface area contributed by atoms with E-state index in [2.05, 4.69) is 27.0 Å². The molecule has 23 heavy (non-hydrogen) atoms. The van der Waals surface area contributed by atoms with Crippen molar-refractivity contribution in [1.29, 1.82) is 0 Å². The highest BCUT2D eigenvalue weighted by atomic mass is 127. The van der Waals surface area contributed by atoms with E-state index < -0.39 is 0 Å². The zero-order valence-corrected chi connectivity index (χ0v) is 17.6. The molecule has 4 nitrogen and oxygen atoms in total. The van der Waals surface area contributed by atoms with E-state index in [-0.39, 0.29) is 24.0 Å². The molecular weight excluding hydrogens is 399 g/mol. The molecule has 1 unspecified atom stereocenters. The first-order valence-electron chi connectivity index (χ1n) is 9.47. The van der Waals surface area contributed by atoms with Crippen molar-refractivity contribution in [2.24, 2.45) is 10.9 Å². The van der Waals surface area contributed by atoms with Crippen LogP contribution in [-0.2, 0) is 0 Å². The Balaban J connectivity index is 0.00000264. The molecule has 2 heterocycles. The lowest BCUT2D eigenvalue weighted by Gasteiger charge is -2.33. The predicted molar refractivity (Wildman–Crippen MR) is 111 cm³/mol. The number of guanidine groups is 1. The molecule has 2 saturated heterocycles. The summed E-state index contributed by atoms with van der Waals surface area (Å²) in [6, 6.07) is 0. The molecule has 0 spiro atoms. The van der Waals surface area contributed by atoms with Gasteiger partial charge in [-0.3, -0.25) is 4.99 Å². The third-order valence-corrected chi connectivity index (χ3v) is 5.05. The monoisotopic (exact) mass is 436 g/mol. The predicted octanol–water partition coefficient (Wildman–Crippen LogP) is 3.57. The van der Waals surface area contributed by atoms with Crippen LogP contribution in [0.1, 0.15) is 58.3 Å². The molecule has 1 N–H and O–H groups in total. The Kier molecular flexibility index (Phi) is 11.3. The average Bonchev–Trinajstić information content (AvgIpc) is 2.55. The van der Waals surface area contributed by atoms with Gasteiger partial charge in [-0.1, -0.05) is 19.8 Å². The second-order valence-corrected chi connectivity index (χ2v) is 7.13. The normalized spacial score (nSPS) is 23.5. The van der Waals surface area contributed by atoms with E-state index in [1.54, 1.807) is 0 Å². The van der Waals surface area contributed by atoms with Gasteiger partial charge in [0.1, 0.15) is 0 Å². The van der Waals surface area contributed by atoms with Gasteiger partial charge in [0.2, 0.25) is 0 Å². The van der Waals surface area contributed by atoms with Gasteiger partial charge in [0, 0.05) is 26.7 Å². The molecule has 1 atom stereocenters. The third kappa shape index (κ3) is 8.05. The fraction of sp³-hybridized carbons (Fsp3) is 0.944. The number of hydrogen-bond donors (Lipinski definition) is 1. The highest BCUT2D eigenvalue weighted by Crippen LogP contribution is 2.15. The van der Waals surface area contributed by atoms with Gasteiger partial charge >= 0.3 is 0 Å². The van der Waals surface area contributed by atoms with E-state index in [4.69, 9.17) is 0 Å². The molecule has 2 aliphatic rings. The van der Waals surface area contributed by atoms with Crippen LogP contribution in [0, 0.1) is 5.92 Å². The Hall–Kier alpha value is -0.0400. The van der Waals surface area contributed by atoms with Gasteiger partial charge in [-0.2, -0.15) is 0 Å². The van der Waals surface area contributed by atoms with E-state index in [1.165, 1.54) is 77.5 Å². The second kappa shape index (κ2) is 12.3. The molecule has 0 amide bonds. The van der Waals surface area contributed by atoms with E-state index in [0.717, 1.165) is 25.0 Å². The van der Waals surface area contributed by atoms with Crippen molar-refractivity contribution in [2.45, 2.75) is 58.3 Å². The minimum absolute atomic E-state index is 0. The third-order valence-electron chi connectivity index (χ3n) is 5.05. The topological polar surface area (TPSA) is 30.9 Å². The number of rotatable bonds is 6. The molecule has 2 fully saturated rings. The molecule has 2 aliphatic heterocycles. The van der Waals surface area contributed by atoms with Crippen molar-refractivity contribution >= 4 is 29.9 Å². The Morgan fingerprint density at radius 2 is 1.83 bits per heavy atom. The fourth-order valence-electron chi connectivity index (χ4n) is 3.73. The van der Waals surface area contributed by atoms with E-state index >= 15 is 0 Å². The summed E-state index contributed by atoms with van der Waals surface area (Å²) in [6.07, 6.45) is 10.9. The zero-order valence-electron chi connectivity index (χ0n) is 15.2. The number of piperidine rings is 2. The van der Waals surface area contributed by atoms with Crippen LogP contribution >= 0.6 is 24.0 Å². The van der Waals surface area contributed by atoms with Crippen molar-refractivity contribution < 1.29 is 0 Å². The molecule has 0 radical (unpaired) electrons. The maximum absolute atomic E-state index is 4.46. The van der Waals surface area contributed by atoms with E-state index in [0.29, 0.717) is 0 Å². The summed E-state index contributed by atoms with van der Waals surface area (Å²) in [5, 5.41) is 3.56. The molecule has 2 rings (SSSR count). The standard InChI is InChI=1S/C18H36N4.HI/c1-17-10-9-15-22(16-17)18(19-2)20-11-5-3-6-12-21-13-7-4-8-14-21;/h17H,3-16H2,1-2H3,(H,19,20);1H. The summed E-state index contributed by atoms with van der Waals surface area (Å²) in [5.41, 5.74) is 0. The van der Waals surface area contributed by atoms with Gasteiger partial charge < -0.3 is 15.1 Å². The molecule has 136 valence electrons. The van der Waals surface area contributed by atoms with Gasteiger partial charge in [0.15, 0.2) is 5.96 Å². The Morgan fingerprint density at radius 3 is 2.52 bits per heavy atom. The number of aliphatic imine (C=N–C) groups is 1. The van der Waals surface area contributed by atoms with Crippen molar-refractivity contribution in [3.05, 3.63) is 0 Å². The van der Waals surface area contributed by atoms with Crippen LogP contribution in [0.15, 0.2) is 4.99 Å². The number of halogens is 1. The van der Waals surface area contributed by atoms with Crippen molar-refractivity contribution in [3.63, 3.8) is 0 Å². The number of nitrogens with one attached hydrogen (secondary N) is 1. The quantitative estimate of drug-likeness (QED) is 0.299. The lowest BCUT2D eigenvalue weighted by molar-refractivity contribution is 0.224. The van der Waals surface area contributed by atoms with Crippen molar-refractivity contribution in [2.75, 3.05) is 46.3 Å². The van der Waals surface area contributed by atoms with Crippen LogP contribution in [0.4, 0.5) is 0 Å². The molecule has 0 saturated carbocycles. The number of unbranched alkanes of at least 4 members (excludes halogenated alkanes) is 2. The summed E-state index contributed by atoms with van der Waals surface area (Å²) >= 11 is 0. The summed E-state index contributed by atoms with van der Waals surface area (Å²) in [6.45, 7) is 9.71. The van der Waals surface area contributed by atoms with Crippen LogP contribution in [0.5, 0.6) is 0 Å². The molecule has 0 aromatic heterocycles. The van der Waals surface area contributed by atoms with Crippen molar-refractivity contribution in [1.82, 2.24) is 15.1 Å². The van der Waals surface area contributed by atoms with Gasteiger partial charge in [-0.05, 0) is 64.1 Å². The smallest absolute Gasteiger partial charge is 0.193 e. The first-order valence-corrected chi connectivity index (χ1v) is 9.47. The minimum Gasteiger partial charge on any atom is -0.356 e. The Bertz CT molecular complexity index is 329. The van der Waals surface area contributed by atoms with Gasteiger partial charge in [0.05, 0.1) is 0 Å². The van der Waals surface area contributed by atoms with Gasteiger partial charge in [0.25, 0.3) is 0 Å². The highest BCUT2D eigenvalue weighted by molar-refractivity contribution is 14.0. The largest absolute Gasteiger partial charge is 0.356 e.